The van der Waals surface area contributed by atoms with Crippen LogP contribution in [0.2, 0.25) is 0 Å². The summed E-state index contributed by atoms with van der Waals surface area (Å²) in [4.78, 5) is 0. The van der Waals surface area contributed by atoms with Gasteiger partial charge in [-0.2, -0.15) is 0 Å². The summed E-state index contributed by atoms with van der Waals surface area (Å²) in [6.45, 7) is 0. The van der Waals surface area contributed by atoms with Crippen LogP contribution in [0, 0.1) is 0 Å². The smallest absolute Gasteiger partial charge is 0.0641 e. The van der Waals surface area contributed by atoms with Gasteiger partial charge in [0.15, 0.2) is 0 Å². The summed E-state index contributed by atoms with van der Waals surface area (Å²) in [5, 5.41) is 13.2. The molecule has 11 aromatic rings. The highest BCUT2D eigenvalue weighted by molar-refractivity contribution is 7.26. The minimum Gasteiger partial charge on any atom is -0.309 e. The van der Waals surface area contributed by atoms with Crippen molar-refractivity contribution in [3.05, 3.63) is 146 Å². The van der Waals surface area contributed by atoms with Crippen LogP contribution < -0.4 is 0 Å². The second kappa shape index (κ2) is 8.50. The first-order valence-corrected chi connectivity index (χ1v) is 16.3. The second-order valence-corrected chi connectivity index (χ2v) is 13.1. The average Bonchev–Trinajstić information content (AvgIpc) is 3.75. The number of hydrogen-bond donors (Lipinski definition) is 0. The first-order valence-electron chi connectivity index (χ1n) is 15.5. The summed E-state index contributed by atoms with van der Waals surface area (Å²) >= 11 is 1.93. The monoisotopic (exact) mass is 588 g/mol. The molecule has 208 valence electrons. The molecule has 0 aliphatic heterocycles. The molecule has 0 bridgehead atoms. The molecule has 0 atom stereocenters. The highest BCUT2D eigenvalue weighted by atomic mass is 32.1. The normalized spacial score (nSPS) is 12.4. The summed E-state index contributed by atoms with van der Waals surface area (Å²) in [6, 6.07) is 53.7. The molecule has 0 fully saturated rings. The molecule has 3 heteroatoms. The fourth-order valence-electron chi connectivity index (χ4n) is 8.03. The average molecular weight is 589 g/mol. The zero-order valence-electron chi connectivity index (χ0n) is 24.2. The number of aromatic nitrogens is 2. The molecule has 3 aromatic heterocycles. The van der Waals surface area contributed by atoms with E-state index in [9.17, 15) is 0 Å². The van der Waals surface area contributed by atoms with Crippen molar-refractivity contribution in [3.63, 3.8) is 0 Å². The van der Waals surface area contributed by atoms with Gasteiger partial charge in [0.05, 0.1) is 32.5 Å². The maximum absolute atomic E-state index is 2.52. The van der Waals surface area contributed by atoms with Crippen molar-refractivity contribution in [1.29, 1.82) is 0 Å². The molecule has 0 aliphatic rings. The summed E-state index contributed by atoms with van der Waals surface area (Å²) < 4.78 is 7.63. The number of thiophene rings is 1. The van der Waals surface area contributed by atoms with E-state index in [1.54, 1.807) is 0 Å². The quantitative estimate of drug-likeness (QED) is 0.178. The Morgan fingerprint density at radius 1 is 0.356 bits per heavy atom. The Morgan fingerprint density at radius 3 is 1.62 bits per heavy atom. The maximum Gasteiger partial charge on any atom is 0.0641 e. The van der Waals surface area contributed by atoms with Crippen LogP contribution in [0.1, 0.15) is 0 Å². The topological polar surface area (TPSA) is 9.86 Å². The Morgan fingerprint density at radius 2 is 0.911 bits per heavy atom. The van der Waals surface area contributed by atoms with E-state index in [1.165, 1.54) is 96.7 Å². The third-order valence-electron chi connectivity index (χ3n) is 9.85. The summed E-state index contributed by atoms with van der Waals surface area (Å²) in [6.07, 6.45) is 0. The van der Waals surface area contributed by atoms with Crippen molar-refractivity contribution in [1.82, 2.24) is 9.13 Å². The van der Waals surface area contributed by atoms with Gasteiger partial charge in [0, 0.05) is 42.7 Å². The molecule has 45 heavy (non-hydrogen) atoms. The van der Waals surface area contributed by atoms with Gasteiger partial charge in [-0.05, 0) is 70.1 Å². The SMILES string of the molecule is c1ccc(-n2c3ccccc3c3cc4c(cc32)c2ccccc2n4-c2ccc3c4ccccc4c4cccc5sc2c3c54)cc1. The molecule has 0 unspecified atom stereocenters. The standard InChI is InChI=1S/C42H24N2S/c1-2-11-25(12-3-1)43-34-18-8-6-15-28(34)32-24-38-33(23-37(32)43)29-16-7-9-19-35(29)44(38)36-22-21-31-27-14-5-4-13-26(27)30-17-10-20-39-40(30)41(31)42(36)45-39/h1-24H. The predicted octanol–water partition coefficient (Wildman–Crippen LogP) is 12.0. The van der Waals surface area contributed by atoms with Crippen molar-refractivity contribution in [2.75, 3.05) is 0 Å². The number of benzene rings is 8. The molecule has 0 aliphatic carbocycles. The molecule has 0 saturated heterocycles. The van der Waals surface area contributed by atoms with E-state index in [4.69, 9.17) is 0 Å². The Balaban J connectivity index is 1.32. The van der Waals surface area contributed by atoms with Gasteiger partial charge in [-0.25, -0.2) is 0 Å². The lowest BCUT2D eigenvalue weighted by atomic mass is 9.94. The summed E-state index contributed by atoms with van der Waals surface area (Å²) in [7, 11) is 0. The number of nitrogens with zero attached hydrogens (tertiary/aromatic N) is 2. The highest BCUT2D eigenvalue weighted by Gasteiger charge is 2.22. The number of rotatable bonds is 2. The van der Waals surface area contributed by atoms with Crippen LogP contribution in [0.25, 0.3) is 96.7 Å². The van der Waals surface area contributed by atoms with E-state index in [2.05, 4.69) is 155 Å². The second-order valence-electron chi connectivity index (χ2n) is 12.1. The van der Waals surface area contributed by atoms with Crippen molar-refractivity contribution in [2.24, 2.45) is 0 Å². The van der Waals surface area contributed by atoms with E-state index in [0.717, 1.165) is 0 Å². The van der Waals surface area contributed by atoms with Crippen molar-refractivity contribution in [2.45, 2.75) is 0 Å². The summed E-state index contributed by atoms with van der Waals surface area (Å²) in [5.74, 6) is 0. The Hall–Kier alpha value is -5.64. The number of fused-ring (bicyclic) bond motifs is 9. The van der Waals surface area contributed by atoms with Gasteiger partial charge >= 0.3 is 0 Å². The Bertz CT molecular complexity index is 2970. The highest BCUT2D eigenvalue weighted by Crippen LogP contribution is 2.48. The molecule has 2 nitrogen and oxygen atoms in total. The number of para-hydroxylation sites is 3. The lowest BCUT2D eigenvalue weighted by Gasteiger charge is -2.13. The van der Waals surface area contributed by atoms with Gasteiger partial charge < -0.3 is 9.13 Å². The van der Waals surface area contributed by atoms with E-state index >= 15 is 0 Å². The summed E-state index contributed by atoms with van der Waals surface area (Å²) in [5.41, 5.74) is 7.36. The van der Waals surface area contributed by atoms with Crippen molar-refractivity contribution in [3.8, 4) is 11.4 Å². The zero-order chi connectivity index (χ0) is 29.2. The molecule has 0 amide bonds. The molecule has 0 radical (unpaired) electrons. The van der Waals surface area contributed by atoms with Crippen LogP contribution in [0.15, 0.2) is 146 Å². The maximum atomic E-state index is 2.52. The van der Waals surface area contributed by atoms with Crippen LogP contribution >= 0.6 is 11.3 Å². The van der Waals surface area contributed by atoms with Crippen molar-refractivity contribution < 1.29 is 0 Å². The van der Waals surface area contributed by atoms with Crippen LogP contribution in [0.5, 0.6) is 0 Å². The Kier molecular flexibility index (Phi) is 4.49. The third-order valence-corrected chi connectivity index (χ3v) is 11.0. The van der Waals surface area contributed by atoms with E-state index in [1.807, 2.05) is 11.3 Å². The number of hydrogen-bond acceptors (Lipinski definition) is 1. The molecule has 11 rings (SSSR count). The van der Waals surface area contributed by atoms with Crippen LogP contribution in [-0.2, 0) is 0 Å². The first kappa shape index (κ1) is 23.8. The molecule has 3 heterocycles. The Labute approximate surface area is 261 Å². The molecular weight excluding hydrogens is 565 g/mol. The van der Waals surface area contributed by atoms with E-state index in [-0.39, 0.29) is 0 Å². The van der Waals surface area contributed by atoms with Gasteiger partial charge in [0.25, 0.3) is 0 Å². The van der Waals surface area contributed by atoms with Crippen LogP contribution in [0.4, 0.5) is 0 Å². The van der Waals surface area contributed by atoms with Gasteiger partial charge in [0.1, 0.15) is 0 Å². The van der Waals surface area contributed by atoms with Gasteiger partial charge in [-0.15, -0.1) is 11.3 Å². The molecule has 0 spiro atoms. The molecule has 0 N–H and O–H groups in total. The van der Waals surface area contributed by atoms with Crippen molar-refractivity contribution >= 4 is 96.7 Å². The molecular formula is C42H24N2S. The zero-order valence-corrected chi connectivity index (χ0v) is 25.0. The third kappa shape index (κ3) is 2.98. The minimum atomic E-state index is 1.18. The lowest BCUT2D eigenvalue weighted by Crippen LogP contribution is -1.95. The molecule has 8 aromatic carbocycles. The van der Waals surface area contributed by atoms with Crippen LogP contribution in [-0.4, -0.2) is 9.13 Å². The fraction of sp³-hybridized carbons (Fsp3) is 0. The lowest BCUT2D eigenvalue weighted by molar-refractivity contribution is 1.18. The van der Waals surface area contributed by atoms with E-state index in [0.29, 0.717) is 0 Å². The minimum absolute atomic E-state index is 1.18. The largest absolute Gasteiger partial charge is 0.309 e. The predicted molar refractivity (Wildman–Crippen MR) is 194 cm³/mol. The molecule has 0 saturated carbocycles. The first-order chi connectivity index (χ1) is 22.3. The van der Waals surface area contributed by atoms with E-state index < -0.39 is 0 Å². The van der Waals surface area contributed by atoms with Gasteiger partial charge in [-0.1, -0.05) is 97.1 Å². The van der Waals surface area contributed by atoms with Gasteiger partial charge in [-0.3, -0.25) is 0 Å². The van der Waals surface area contributed by atoms with Gasteiger partial charge in [0.2, 0.25) is 0 Å². The van der Waals surface area contributed by atoms with Crippen LogP contribution in [0.3, 0.4) is 0 Å². The fourth-order valence-corrected chi connectivity index (χ4v) is 9.29.